The molecule has 11 heteroatoms. The normalized spacial score (nSPS) is 17.2. The lowest BCUT2D eigenvalue weighted by atomic mass is 10.1. The molecule has 0 spiro atoms. The van der Waals surface area contributed by atoms with Crippen molar-refractivity contribution in [2.45, 2.75) is 13.5 Å². The fourth-order valence-electron chi connectivity index (χ4n) is 5.60. The second-order valence-electron chi connectivity index (χ2n) is 11.1. The van der Waals surface area contributed by atoms with E-state index in [4.69, 9.17) is 0 Å². The number of hydrogen-bond acceptors (Lipinski definition) is 7. The Bertz CT molecular complexity index is 1530. The average molecular weight is 575 g/mol. The van der Waals surface area contributed by atoms with Crippen molar-refractivity contribution in [1.82, 2.24) is 34.1 Å². The maximum atomic E-state index is 15.2. The van der Waals surface area contributed by atoms with Crippen LogP contribution in [-0.4, -0.2) is 106 Å². The van der Waals surface area contributed by atoms with Gasteiger partial charge in [0.2, 0.25) is 5.95 Å². The van der Waals surface area contributed by atoms with Gasteiger partial charge in [-0.1, -0.05) is 19.1 Å². The number of carbonyl (C=O) groups is 1. The summed E-state index contributed by atoms with van der Waals surface area (Å²) >= 11 is 0. The third-order valence-corrected chi connectivity index (χ3v) is 8.27. The van der Waals surface area contributed by atoms with E-state index in [1.807, 2.05) is 19.2 Å². The van der Waals surface area contributed by atoms with Crippen LogP contribution < -0.4 is 5.32 Å². The Morgan fingerprint density at radius 1 is 0.905 bits per heavy atom. The number of halogens is 2. The summed E-state index contributed by atoms with van der Waals surface area (Å²) in [4.78, 5) is 30.5. The van der Waals surface area contributed by atoms with Gasteiger partial charge in [-0.15, -0.1) is 0 Å². The topological polar surface area (TPSA) is 72.8 Å². The molecule has 9 nitrogen and oxygen atoms in total. The van der Waals surface area contributed by atoms with E-state index < -0.39 is 23.1 Å². The first-order valence-corrected chi connectivity index (χ1v) is 14.5. The van der Waals surface area contributed by atoms with Crippen LogP contribution in [0.25, 0.3) is 16.7 Å². The SMILES string of the molecule is CCN1CCN(Cc2ccc(Nc3ncc4ccn(-c5cc(F)c(C(=O)N6CCN(C)CC6)c(F)c5)c4n3)cc2)CC1. The van der Waals surface area contributed by atoms with Gasteiger partial charge in [-0.25, -0.2) is 13.8 Å². The van der Waals surface area contributed by atoms with E-state index in [1.165, 1.54) is 22.6 Å². The number of fused-ring (bicyclic) bond motifs is 1. The van der Waals surface area contributed by atoms with Gasteiger partial charge in [0.15, 0.2) is 0 Å². The first-order valence-electron chi connectivity index (χ1n) is 14.5. The van der Waals surface area contributed by atoms with Crippen LogP contribution in [0.5, 0.6) is 0 Å². The maximum absolute atomic E-state index is 15.2. The van der Waals surface area contributed by atoms with Gasteiger partial charge in [0.05, 0.1) is 5.69 Å². The number of piperazine rings is 2. The molecule has 4 heterocycles. The Kier molecular flexibility index (Phi) is 8.14. The maximum Gasteiger partial charge on any atom is 0.259 e. The first kappa shape index (κ1) is 28.2. The van der Waals surface area contributed by atoms with Crippen molar-refractivity contribution >= 4 is 28.6 Å². The summed E-state index contributed by atoms with van der Waals surface area (Å²) in [5.74, 6) is -2.04. The summed E-state index contributed by atoms with van der Waals surface area (Å²) in [6, 6.07) is 12.4. The predicted octanol–water partition coefficient (Wildman–Crippen LogP) is 3.97. The third-order valence-electron chi connectivity index (χ3n) is 8.27. The number of benzene rings is 2. The molecular formula is C31H36F2N8O. The zero-order valence-corrected chi connectivity index (χ0v) is 24.1. The zero-order chi connectivity index (χ0) is 29.2. The minimum Gasteiger partial charge on any atom is -0.336 e. The molecule has 220 valence electrons. The third kappa shape index (κ3) is 5.99. The molecule has 0 bridgehead atoms. The lowest BCUT2D eigenvalue weighted by Crippen LogP contribution is -2.47. The molecule has 1 N–H and O–H groups in total. The highest BCUT2D eigenvalue weighted by Crippen LogP contribution is 2.25. The molecule has 2 aromatic carbocycles. The van der Waals surface area contributed by atoms with Gasteiger partial charge in [-0.2, -0.15) is 4.98 Å². The molecule has 0 aliphatic carbocycles. The highest BCUT2D eigenvalue weighted by atomic mass is 19.1. The molecule has 0 atom stereocenters. The van der Waals surface area contributed by atoms with Crippen molar-refractivity contribution in [3.8, 4) is 5.69 Å². The summed E-state index contributed by atoms with van der Waals surface area (Å²) in [7, 11) is 1.95. The molecule has 4 aromatic rings. The van der Waals surface area contributed by atoms with E-state index in [0.29, 0.717) is 37.8 Å². The van der Waals surface area contributed by atoms with E-state index in [0.717, 1.165) is 50.3 Å². The number of aromatic nitrogens is 3. The van der Waals surface area contributed by atoms with Crippen molar-refractivity contribution in [3.05, 3.63) is 77.6 Å². The minimum atomic E-state index is -0.893. The number of amides is 1. The molecule has 2 fully saturated rings. The van der Waals surface area contributed by atoms with Gasteiger partial charge in [-0.05, 0) is 49.5 Å². The van der Waals surface area contributed by atoms with Crippen LogP contribution in [0.3, 0.4) is 0 Å². The van der Waals surface area contributed by atoms with Crippen LogP contribution in [0.4, 0.5) is 20.4 Å². The Morgan fingerprint density at radius 3 is 2.24 bits per heavy atom. The van der Waals surface area contributed by atoms with Crippen LogP contribution in [0, 0.1) is 11.6 Å². The lowest BCUT2D eigenvalue weighted by Gasteiger charge is -2.34. The van der Waals surface area contributed by atoms with Crippen molar-refractivity contribution in [1.29, 1.82) is 0 Å². The number of nitrogens with one attached hydrogen (secondary N) is 1. The van der Waals surface area contributed by atoms with Gasteiger partial charge in [0.1, 0.15) is 22.8 Å². The Labute approximate surface area is 244 Å². The van der Waals surface area contributed by atoms with Crippen LogP contribution in [0.2, 0.25) is 0 Å². The zero-order valence-electron chi connectivity index (χ0n) is 24.1. The van der Waals surface area contributed by atoms with Crippen LogP contribution in [0.1, 0.15) is 22.8 Å². The van der Waals surface area contributed by atoms with Crippen molar-refractivity contribution in [2.75, 3.05) is 71.3 Å². The average Bonchev–Trinajstić information content (AvgIpc) is 3.42. The highest BCUT2D eigenvalue weighted by Gasteiger charge is 2.27. The quantitative estimate of drug-likeness (QED) is 0.358. The molecular weight excluding hydrogens is 538 g/mol. The van der Waals surface area contributed by atoms with Gasteiger partial charge < -0.3 is 24.6 Å². The van der Waals surface area contributed by atoms with E-state index in [-0.39, 0.29) is 5.69 Å². The monoisotopic (exact) mass is 574 g/mol. The van der Waals surface area contributed by atoms with Gasteiger partial charge in [-0.3, -0.25) is 9.69 Å². The number of carbonyl (C=O) groups excluding carboxylic acids is 1. The summed E-state index contributed by atoms with van der Waals surface area (Å²) < 4.78 is 32.0. The Morgan fingerprint density at radius 2 is 1.57 bits per heavy atom. The fraction of sp³-hybridized carbons (Fsp3) is 0.387. The minimum absolute atomic E-state index is 0.240. The van der Waals surface area contributed by atoms with E-state index in [9.17, 15) is 4.79 Å². The molecule has 1 amide bonds. The van der Waals surface area contributed by atoms with Crippen LogP contribution >= 0.6 is 0 Å². The van der Waals surface area contributed by atoms with Crippen molar-refractivity contribution in [2.24, 2.45) is 0 Å². The molecule has 2 aliphatic rings. The highest BCUT2D eigenvalue weighted by molar-refractivity contribution is 5.95. The molecule has 42 heavy (non-hydrogen) atoms. The van der Waals surface area contributed by atoms with Crippen molar-refractivity contribution < 1.29 is 13.6 Å². The molecule has 2 aromatic heterocycles. The van der Waals surface area contributed by atoms with E-state index in [2.05, 4.69) is 49.0 Å². The van der Waals surface area contributed by atoms with Gasteiger partial charge in [0.25, 0.3) is 5.91 Å². The summed E-state index contributed by atoms with van der Waals surface area (Å²) in [6.45, 7) is 10.8. The molecule has 2 saturated heterocycles. The summed E-state index contributed by atoms with van der Waals surface area (Å²) in [5, 5.41) is 3.96. The summed E-state index contributed by atoms with van der Waals surface area (Å²) in [6.07, 6.45) is 3.36. The van der Waals surface area contributed by atoms with Gasteiger partial charge in [0, 0.05) is 82.4 Å². The molecule has 2 aliphatic heterocycles. The van der Waals surface area contributed by atoms with E-state index in [1.54, 1.807) is 23.0 Å². The van der Waals surface area contributed by atoms with Crippen LogP contribution in [-0.2, 0) is 6.54 Å². The number of anilines is 2. The Hall–Kier alpha value is -3.93. The second-order valence-corrected chi connectivity index (χ2v) is 11.1. The molecule has 0 unspecified atom stereocenters. The number of likely N-dealkylation sites (N-methyl/N-ethyl adjacent to an activating group) is 2. The smallest absolute Gasteiger partial charge is 0.259 e. The Balaban J connectivity index is 1.17. The molecule has 0 radical (unpaired) electrons. The van der Waals surface area contributed by atoms with Crippen molar-refractivity contribution in [3.63, 3.8) is 0 Å². The lowest BCUT2D eigenvalue weighted by molar-refractivity contribution is 0.0654. The number of hydrogen-bond donors (Lipinski definition) is 1. The molecule has 6 rings (SSSR count). The number of rotatable bonds is 7. The van der Waals surface area contributed by atoms with Gasteiger partial charge >= 0.3 is 0 Å². The molecule has 0 saturated carbocycles. The van der Waals surface area contributed by atoms with E-state index >= 15 is 8.78 Å². The summed E-state index contributed by atoms with van der Waals surface area (Å²) in [5.41, 5.74) is 2.30. The standard InChI is InChI=1S/C31H36F2N8O/c1-3-38-12-14-39(15-13-38)21-22-4-6-24(7-5-22)35-31-34-20-23-8-9-41(29(23)36-31)25-18-26(32)28(27(33)19-25)30(42)40-16-10-37(2)11-17-40/h4-9,18-20H,3,10-17,21H2,1-2H3,(H,34,35,36). The fourth-order valence-corrected chi connectivity index (χ4v) is 5.60. The number of nitrogens with zero attached hydrogens (tertiary/aromatic N) is 7. The predicted molar refractivity (Wildman–Crippen MR) is 159 cm³/mol. The second kappa shape index (κ2) is 12.1. The first-order chi connectivity index (χ1) is 20.4. The van der Waals surface area contributed by atoms with Crippen LogP contribution in [0.15, 0.2) is 54.9 Å². The largest absolute Gasteiger partial charge is 0.336 e.